The Bertz CT molecular complexity index is 553. The number of rotatable bonds is 0. The molecule has 0 aliphatic carbocycles. The van der Waals surface area contributed by atoms with Crippen LogP contribution >= 0.6 is 0 Å². The van der Waals surface area contributed by atoms with Crippen molar-refractivity contribution in [1.29, 1.82) is 0 Å². The standard InChI is InChI=1S/C17H25N/c1-16(2,3)14-8-7-12-10-15(17(4,5)6)18-11-13(12)9-14/h7-11,15,18H,1-6H3. The molecule has 1 N–H and O–H groups in total. The zero-order valence-electron chi connectivity index (χ0n) is 12.5. The van der Waals surface area contributed by atoms with E-state index in [4.69, 9.17) is 0 Å². The van der Waals surface area contributed by atoms with E-state index in [1.807, 2.05) is 0 Å². The van der Waals surface area contributed by atoms with Crippen LogP contribution in [0.1, 0.15) is 47.1 Å². The zero-order chi connectivity index (χ0) is 13.6. The maximum absolute atomic E-state index is 3.51. The zero-order valence-corrected chi connectivity index (χ0v) is 12.5. The highest BCUT2D eigenvalue weighted by molar-refractivity contribution is 5.44. The summed E-state index contributed by atoms with van der Waals surface area (Å²) >= 11 is 0. The van der Waals surface area contributed by atoms with Crippen LogP contribution in [0.3, 0.4) is 0 Å². The quantitative estimate of drug-likeness (QED) is 0.738. The number of nitrogens with one attached hydrogen (secondary N) is 1. The van der Waals surface area contributed by atoms with Gasteiger partial charge in [0.25, 0.3) is 0 Å². The maximum Gasteiger partial charge on any atom is 0.0496 e. The molecule has 0 fully saturated rings. The lowest BCUT2D eigenvalue weighted by atomic mass is 9.83. The molecule has 1 nitrogen and oxygen atoms in total. The van der Waals surface area contributed by atoms with Gasteiger partial charge in [-0.25, -0.2) is 0 Å². The van der Waals surface area contributed by atoms with Crippen LogP contribution in [0, 0.1) is 5.41 Å². The summed E-state index contributed by atoms with van der Waals surface area (Å²) < 4.78 is 0. The summed E-state index contributed by atoms with van der Waals surface area (Å²) in [5, 5.41) is 6.17. The van der Waals surface area contributed by atoms with Gasteiger partial charge in [0.1, 0.15) is 0 Å². The first kappa shape index (κ1) is 13.2. The van der Waals surface area contributed by atoms with Crippen molar-refractivity contribution in [3.63, 3.8) is 0 Å². The second-order valence-electron chi connectivity index (χ2n) is 7.42. The van der Waals surface area contributed by atoms with Gasteiger partial charge in [-0.15, -0.1) is 0 Å². The summed E-state index contributed by atoms with van der Waals surface area (Å²) in [6.07, 6.45) is 4.52. The highest BCUT2D eigenvalue weighted by Gasteiger charge is 2.22. The van der Waals surface area contributed by atoms with Crippen LogP contribution in [0.25, 0.3) is 12.3 Å². The van der Waals surface area contributed by atoms with Crippen LogP contribution < -0.4 is 15.8 Å². The van der Waals surface area contributed by atoms with Gasteiger partial charge in [-0.2, -0.15) is 0 Å². The van der Waals surface area contributed by atoms with Crippen LogP contribution in [0.15, 0.2) is 18.2 Å². The minimum atomic E-state index is 0.212. The van der Waals surface area contributed by atoms with Crippen LogP contribution in [0.2, 0.25) is 0 Å². The predicted octanol–water partition coefficient (Wildman–Crippen LogP) is 2.52. The number of hydrogen-bond acceptors (Lipinski definition) is 1. The van der Waals surface area contributed by atoms with Gasteiger partial charge in [0.05, 0.1) is 0 Å². The molecule has 1 aliphatic heterocycles. The molecule has 0 spiro atoms. The molecule has 0 radical (unpaired) electrons. The van der Waals surface area contributed by atoms with Gasteiger partial charge in [-0.3, -0.25) is 0 Å². The Morgan fingerprint density at radius 3 is 2.17 bits per heavy atom. The van der Waals surface area contributed by atoms with E-state index in [-0.39, 0.29) is 10.8 Å². The molecular formula is C17H25N. The van der Waals surface area contributed by atoms with Gasteiger partial charge in [0.2, 0.25) is 0 Å². The first-order chi connectivity index (χ1) is 8.18. The first-order valence-electron chi connectivity index (χ1n) is 6.76. The highest BCUT2D eigenvalue weighted by atomic mass is 14.9. The van der Waals surface area contributed by atoms with Crippen LogP contribution in [0.5, 0.6) is 0 Å². The molecular weight excluding hydrogens is 218 g/mol. The van der Waals surface area contributed by atoms with Crippen LogP contribution in [0.4, 0.5) is 0 Å². The van der Waals surface area contributed by atoms with Crippen molar-refractivity contribution in [2.45, 2.75) is 53.0 Å². The predicted molar refractivity (Wildman–Crippen MR) is 79.7 cm³/mol. The molecule has 1 aliphatic rings. The van der Waals surface area contributed by atoms with Gasteiger partial charge in [-0.05, 0) is 32.9 Å². The van der Waals surface area contributed by atoms with E-state index in [1.54, 1.807) is 0 Å². The second kappa shape index (κ2) is 4.15. The van der Waals surface area contributed by atoms with Gasteiger partial charge in [0.15, 0.2) is 0 Å². The largest absolute Gasteiger partial charge is 0.384 e. The number of fused-ring (bicyclic) bond motifs is 1. The Morgan fingerprint density at radius 1 is 0.944 bits per heavy atom. The molecule has 0 amide bonds. The molecule has 1 aromatic rings. The Hall–Kier alpha value is -1.24. The molecule has 98 valence electrons. The third-order valence-corrected chi connectivity index (χ3v) is 3.65. The first-order valence-corrected chi connectivity index (χ1v) is 6.76. The molecule has 1 heteroatoms. The molecule has 18 heavy (non-hydrogen) atoms. The topological polar surface area (TPSA) is 12.0 Å². The van der Waals surface area contributed by atoms with Gasteiger partial charge in [-0.1, -0.05) is 59.8 Å². The fourth-order valence-corrected chi connectivity index (χ4v) is 2.23. The summed E-state index contributed by atoms with van der Waals surface area (Å²) in [5.74, 6) is 0. The summed E-state index contributed by atoms with van der Waals surface area (Å²) in [5.41, 5.74) is 1.85. The van der Waals surface area contributed by atoms with Crippen molar-refractivity contribution in [2.24, 2.45) is 5.41 Å². The van der Waals surface area contributed by atoms with Crippen molar-refractivity contribution in [1.82, 2.24) is 5.32 Å². The molecule has 0 bridgehead atoms. The third-order valence-electron chi connectivity index (χ3n) is 3.65. The third kappa shape index (κ3) is 2.60. The fourth-order valence-electron chi connectivity index (χ4n) is 2.23. The van der Waals surface area contributed by atoms with E-state index in [0.29, 0.717) is 6.04 Å². The summed E-state index contributed by atoms with van der Waals surface area (Å²) in [6, 6.07) is 7.23. The van der Waals surface area contributed by atoms with Gasteiger partial charge < -0.3 is 5.32 Å². The molecule has 2 rings (SSSR count). The van der Waals surface area contributed by atoms with Crippen LogP contribution in [-0.2, 0) is 5.41 Å². The molecule has 1 atom stereocenters. The highest BCUT2D eigenvalue weighted by Crippen LogP contribution is 2.22. The van der Waals surface area contributed by atoms with E-state index in [0.717, 1.165) is 0 Å². The minimum absolute atomic E-state index is 0.212. The molecule has 1 unspecified atom stereocenters. The minimum Gasteiger partial charge on any atom is -0.384 e. The van der Waals surface area contributed by atoms with Gasteiger partial charge in [0, 0.05) is 12.2 Å². The lowest BCUT2D eigenvalue weighted by Gasteiger charge is -2.30. The van der Waals surface area contributed by atoms with Crippen molar-refractivity contribution in [3.8, 4) is 0 Å². The normalized spacial score (nSPS) is 19.3. The lowest BCUT2D eigenvalue weighted by molar-refractivity contribution is 0.354. The van der Waals surface area contributed by atoms with Gasteiger partial charge >= 0.3 is 0 Å². The van der Waals surface area contributed by atoms with Crippen molar-refractivity contribution in [2.75, 3.05) is 0 Å². The molecule has 1 heterocycles. The summed E-state index contributed by atoms with van der Waals surface area (Å²) in [4.78, 5) is 0. The smallest absolute Gasteiger partial charge is 0.0496 e. The van der Waals surface area contributed by atoms with E-state index in [1.165, 1.54) is 16.0 Å². The Balaban J connectivity index is 2.48. The second-order valence-corrected chi connectivity index (χ2v) is 7.42. The van der Waals surface area contributed by atoms with Crippen LogP contribution in [-0.4, -0.2) is 6.04 Å². The molecule has 0 saturated heterocycles. The number of benzene rings is 1. The maximum atomic E-state index is 3.51. The Morgan fingerprint density at radius 2 is 1.61 bits per heavy atom. The average Bonchev–Trinajstić information content (AvgIpc) is 2.25. The van der Waals surface area contributed by atoms with Crippen molar-refractivity contribution < 1.29 is 0 Å². The molecule has 1 aromatic carbocycles. The van der Waals surface area contributed by atoms with E-state index in [9.17, 15) is 0 Å². The van der Waals surface area contributed by atoms with Crippen molar-refractivity contribution >= 4 is 12.3 Å². The SMILES string of the molecule is CC(C)(C)c1ccc2c(c1)=CNC(C(C)(C)C)C=2. The number of hydrogen-bond donors (Lipinski definition) is 1. The summed E-state index contributed by atoms with van der Waals surface area (Å²) in [6.45, 7) is 13.6. The summed E-state index contributed by atoms with van der Waals surface area (Å²) in [7, 11) is 0. The van der Waals surface area contributed by atoms with E-state index >= 15 is 0 Å². The fraction of sp³-hybridized carbons (Fsp3) is 0.529. The molecule has 0 aromatic heterocycles. The average molecular weight is 243 g/mol. The van der Waals surface area contributed by atoms with E-state index < -0.39 is 0 Å². The Labute approximate surface area is 111 Å². The monoisotopic (exact) mass is 243 g/mol. The Kier molecular flexibility index (Phi) is 3.04. The molecule has 0 saturated carbocycles. The lowest BCUT2D eigenvalue weighted by Crippen LogP contribution is -2.44. The van der Waals surface area contributed by atoms with Crippen molar-refractivity contribution in [3.05, 3.63) is 34.2 Å². The van der Waals surface area contributed by atoms with E-state index in [2.05, 4.69) is 77.3 Å².